The van der Waals surface area contributed by atoms with E-state index < -0.39 is 0 Å². The van der Waals surface area contributed by atoms with Gasteiger partial charge < -0.3 is 5.32 Å². The van der Waals surface area contributed by atoms with Crippen molar-refractivity contribution in [3.05, 3.63) is 16.6 Å². The summed E-state index contributed by atoms with van der Waals surface area (Å²) in [5, 5.41) is 5.86. The maximum absolute atomic E-state index is 4.32. The Labute approximate surface area is 109 Å². The molecule has 1 fully saturated rings. The summed E-state index contributed by atoms with van der Waals surface area (Å²) in [7, 11) is 0. The average molecular weight is 252 g/mol. The first kappa shape index (κ1) is 13.0. The number of thiazole rings is 1. The number of aromatic nitrogens is 1. The van der Waals surface area contributed by atoms with E-state index in [4.69, 9.17) is 0 Å². The number of hydrogen-bond donors (Lipinski definition) is 1. The van der Waals surface area contributed by atoms with Crippen LogP contribution < -0.4 is 5.32 Å². The van der Waals surface area contributed by atoms with Crippen molar-refractivity contribution in [2.45, 2.75) is 52.5 Å². The molecule has 0 bridgehead atoms. The molecular weight excluding hydrogens is 228 g/mol. The van der Waals surface area contributed by atoms with Crippen LogP contribution in [0.1, 0.15) is 45.7 Å². The van der Waals surface area contributed by atoms with Gasteiger partial charge in [-0.25, -0.2) is 4.98 Å². The third kappa shape index (κ3) is 4.07. The minimum absolute atomic E-state index is 0.510. The zero-order chi connectivity index (χ0) is 12.3. The number of hydrogen-bond acceptors (Lipinski definition) is 3. The van der Waals surface area contributed by atoms with Gasteiger partial charge in [0.2, 0.25) is 0 Å². The van der Waals surface area contributed by atoms with E-state index in [2.05, 4.69) is 36.5 Å². The summed E-state index contributed by atoms with van der Waals surface area (Å²) in [6, 6.07) is 0.701. The Hall–Kier alpha value is -0.410. The summed E-state index contributed by atoms with van der Waals surface area (Å²) in [6.07, 6.45) is 5.08. The van der Waals surface area contributed by atoms with Crippen molar-refractivity contribution in [2.75, 3.05) is 6.54 Å². The molecule has 3 heteroatoms. The molecule has 0 radical (unpaired) electrons. The van der Waals surface area contributed by atoms with Crippen LogP contribution in [0.15, 0.2) is 10.9 Å². The fraction of sp³-hybridized carbons (Fsp3) is 0.786. The van der Waals surface area contributed by atoms with Gasteiger partial charge in [0.25, 0.3) is 0 Å². The summed E-state index contributed by atoms with van der Waals surface area (Å²) >= 11 is 1.69. The monoisotopic (exact) mass is 252 g/mol. The third-order valence-corrected chi connectivity index (χ3v) is 4.32. The average Bonchev–Trinajstić information content (AvgIpc) is 2.67. The highest BCUT2D eigenvalue weighted by Crippen LogP contribution is 2.38. The molecule has 0 saturated heterocycles. The quantitative estimate of drug-likeness (QED) is 0.887. The molecule has 1 aliphatic carbocycles. The Kier molecular flexibility index (Phi) is 4.21. The lowest BCUT2D eigenvalue weighted by molar-refractivity contribution is 0.152. The van der Waals surface area contributed by atoms with Gasteiger partial charge >= 0.3 is 0 Å². The van der Waals surface area contributed by atoms with Crippen molar-refractivity contribution in [3.8, 4) is 0 Å². The fourth-order valence-corrected chi connectivity index (χ4v) is 3.86. The Morgan fingerprint density at radius 3 is 2.94 bits per heavy atom. The Morgan fingerprint density at radius 1 is 1.47 bits per heavy atom. The predicted molar refractivity (Wildman–Crippen MR) is 74.4 cm³/mol. The lowest BCUT2D eigenvalue weighted by Crippen LogP contribution is -2.40. The largest absolute Gasteiger partial charge is 0.314 e. The normalized spacial score (nSPS) is 28.2. The van der Waals surface area contributed by atoms with Crippen LogP contribution in [0.3, 0.4) is 0 Å². The Morgan fingerprint density at radius 2 is 2.29 bits per heavy atom. The zero-order valence-corrected chi connectivity index (χ0v) is 12.0. The van der Waals surface area contributed by atoms with E-state index in [0.29, 0.717) is 11.5 Å². The van der Waals surface area contributed by atoms with Crippen molar-refractivity contribution < 1.29 is 0 Å². The van der Waals surface area contributed by atoms with E-state index in [1.54, 1.807) is 11.3 Å². The Bertz CT molecular complexity index is 332. The van der Waals surface area contributed by atoms with Crippen molar-refractivity contribution in [1.82, 2.24) is 10.3 Å². The minimum Gasteiger partial charge on any atom is -0.314 e. The van der Waals surface area contributed by atoms with Crippen molar-refractivity contribution in [2.24, 2.45) is 11.3 Å². The molecule has 2 nitrogen and oxygen atoms in total. The standard InChI is InChI=1S/C14H24N2S/c1-11-6-13(8-14(2,3)7-11)15-5-4-12-9-17-10-16-12/h9-11,13,15H,4-8H2,1-3H3. The molecular formula is C14H24N2S. The molecule has 0 spiro atoms. The van der Waals surface area contributed by atoms with Gasteiger partial charge in [-0.05, 0) is 30.6 Å². The van der Waals surface area contributed by atoms with Gasteiger partial charge in [-0.2, -0.15) is 0 Å². The molecule has 0 amide bonds. The van der Waals surface area contributed by atoms with Gasteiger partial charge in [0, 0.05) is 24.4 Å². The van der Waals surface area contributed by atoms with Gasteiger partial charge in [0.05, 0.1) is 11.2 Å². The summed E-state index contributed by atoms with van der Waals surface area (Å²) in [6.45, 7) is 8.25. The first-order valence-electron chi connectivity index (χ1n) is 6.66. The van der Waals surface area contributed by atoms with Crippen molar-refractivity contribution >= 4 is 11.3 Å². The highest BCUT2D eigenvalue weighted by molar-refractivity contribution is 7.07. The first-order chi connectivity index (χ1) is 8.05. The lowest BCUT2D eigenvalue weighted by Gasteiger charge is -2.39. The van der Waals surface area contributed by atoms with Crippen LogP contribution in [0.2, 0.25) is 0 Å². The van der Waals surface area contributed by atoms with E-state index in [-0.39, 0.29) is 0 Å². The predicted octanol–water partition coefficient (Wildman–Crippen LogP) is 3.49. The van der Waals surface area contributed by atoms with Crippen LogP contribution in [0, 0.1) is 11.3 Å². The topological polar surface area (TPSA) is 24.9 Å². The zero-order valence-electron chi connectivity index (χ0n) is 11.2. The summed E-state index contributed by atoms with van der Waals surface area (Å²) in [4.78, 5) is 4.32. The van der Waals surface area contributed by atoms with E-state index in [9.17, 15) is 0 Å². The lowest BCUT2D eigenvalue weighted by atomic mass is 9.70. The third-order valence-electron chi connectivity index (χ3n) is 3.68. The van der Waals surface area contributed by atoms with E-state index in [1.165, 1.54) is 25.0 Å². The molecule has 1 N–H and O–H groups in total. The van der Waals surface area contributed by atoms with E-state index in [0.717, 1.165) is 18.9 Å². The second-order valence-corrected chi connectivity index (χ2v) is 7.01. The van der Waals surface area contributed by atoms with Gasteiger partial charge in [0.1, 0.15) is 0 Å². The minimum atomic E-state index is 0.510. The van der Waals surface area contributed by atoms with Crippen LogP contribution in [-0.2, 0) is 6.42 Å². The maximum atomic E-state index is 4.32. The Balaban J connectivity index is 1.75. The van der Waals surface area contributed by atoms with Gasteiger partial charge in [-0.3, -0.25) is 0 Å². The number of nitrogens with one attached hydrogen (secondary N) is 1. The molecule has 1 heterocycles. The van der Waals surface area contributed by atoms with Gasteiger partial charge in [-0.15, -0.1) is 11.3 Å². The van der Waals surface area contributed by atoms with Crippen molar-refractivity contribution in [3.63, 3.8) is 0 Å². The van der Waals surface area contributed by atoms with Gasteiger partial charge in [-0.1, -0.05) is 20.8 Å². The second-order valence-electron chi connectivity index (χ2n) is 6.29. The van der Waals surface area contributed by atoms with Crippen LogP contribution in [0.4, 0.5) is 0 Å². The molecule has 2 atom stereocenters. The highest BCUT2D eigenvalue weighted by atomic mass is 32.1. The highest BCUT2D eigenvalue weighted by Gasteiger charge is 2.31. The smallest absolute Gasteiger partial charge is 0.0794 e. The summed E-state index contributed by atoms with van der Waals surface area (Å²) in [5.41, 5.74) is 3.66. The SMILES string of the molecule is CC1CC(NCCc2cscn2)CC(C)(C)C1. The molecule has 17 heavy (non-hydrogen) atoms. The van der Waals surface area contributed by atoms with E-state index in [1.807, 2.05) is 5.51 Å². The molecule has 2 unspecified atom stereocenters. The number of rotatable bonds is 4. The first-order valence-corrected chi connectivity index (χ1v) is 7.60. The molecule has 96 valence electrons. The fourth-order valence-electron chi connectivity index (χ4n) is 3.27. The molecule has 1 saturated carbocycles. The molecule has 1 aromatic rings. The maximum Gasteiger partial charge on any atom is 0.0794 e. The molecule has 0 aromatic carbocycles. The number of nitrogens with zero attached hydrogens (tertiary/aromatic N) is 1. The van der Waals surface area contributed by atoms with Crippen LogP contribution >= 0.6 is 11.3 Å². The van der Waals surface area contributed by atoms with Crippen LogP contribution in [-0.4, -0.2) is 17.6 Å². The summed E-state index contributed by atoms with van der Waals surface area (Å²) < 4.78 is 0. The van der Waals surface area contributed by atoms with Gasteiger partial charge in [0.15, 0.2) is 0 Å². The second kappa shape index (κ2) is 5.49. The molecule has 0 aliphatic heterocycles. The van der Waals surface area contributed by atoms with Crippen LogP contribution in [0.5, 0.6) is 0 Å². The molecule has 1 aliphatic rings. The van der Waals surface area contributed by atoms with E-state index >= 15 is 0 Å². The van der Waals surface area contributed by atoms with Crippen LogP contribution in [0.25, 0.3) is 0 Å². The summed E-state index contributed by atoms with van der Waals surface area (Å²) in [5.74, 6) is 0.857. The molecule has 2 rings (SSSR count). The van der Waals surface area contributed by atoms with Crippen molar-refractivity contribution in [1.29, 1.82) is 0 Å². The molecule has 1 aromatic heterocycles.